The quantitative estimate of drug-likeness (QED) is 0.694. The minimum atomic E-state index is -0.222. The molecule has 0 spiro atoms. The van der Waals surface area contributed by atoms with Gasteiger partial charge in [0.1, 0.15) is 5.75 Å². The fourth-order valence-electron chi connectivity index (χ4n) is 1.60. The monoisotopic (exact) mass is 207 g/mol. The van der Waals surface area contributed by atoms with Crippen LogP contribution in [0.4, 0.5) is 0 Å². The van der Waals surface area contributed by atoms with Gasteiger partial charge < -0.3 is 9.47 Å². The lowest BCUT2D eigenvalue weighted by atomic mass is 10.1. The van der Waals surface area contributed by atoms with Crippen molar-refractivity contribution < 1.29 is 14.3 Å². The molecule has 0 saturated carbocycles. The van der Waals surface area contributed by atoms with Crippen LogP contribution < -0.4 is 4.74 Å². The van der Waals surface area contributed by atoms with Crippen LogP contribution in [0.2, 0.25) is 0 Å². The fourth-order valence-corrected chi connectivity index (χ4v) is 1.60. The zero-order chi connectivity index (χ0) is 10.8. The van der Waals surface area contributed by atoms with Crippen LogP contribution in [0.3, 0.4) is 0 Å². The minimum absolute atomic E-state index is 0.222. The molecule has 4 heteroatoms. The summed E-state index contributed by atoms with van der Waals surface area (Å²) >= 11 is 0. The van der Waals surface area contributed by atoms with Crippen LogP contribution in [0.5, 0.6) is 5.75 Å². The van der Waals surface area contributed by atoms with Crippen LogP contribution in [0.25, 0.3) is 0 Å². The topological polar surface area (TPSA) is 48.4 Å². The van der Waals surface area contributed by atoms with Gasteiger partial charge in [0.05, 0.1) is 12.3 Å². The van der Waals surface area contributed by atoms with Crippen molar-refractivity contribution in [1.82, 2.24) is 4.98 Å². The van der Waals surface area contributed by atoms with Gasteiger partial charge in [0.25, 0.3) is 0 Å². The minimum Gasteiger partial charge on any atom is -0.463 e. The maximum Gasteiger partial charge on any atom is 0.200 e. The molecule has 1 unspecified atom stereocenters. The Morgan fingerprint density at radius 1 is 1.67 bits per heavy atom. The van der Waals surface area contributed by atoms with E-state index in [0.29, 0.717) is 17.9 Å². The van der Waals surface area contributed by atoms with Crippen LogP contribution in [0.15, 0.2) is 6.20 Å². The van der Waals surface area contributed by atoms with Crippen LogP contribution >= 0.6 is 0 Å². The average molecular weight is 207 g/mol. The molecule has 80 valence electrons. The maximum absolute atomic E-state index is 10.8. The molecule has 1 aliphatic heterocycles. The number of fused-ring (bicyclic) bond motifs is 1. The van der Waals surface area contributed by atoms with Crippen molar-refractivity contribution in [1.29, 1.82) is 0 Å². The summed E-state index contributed by atoms with van der Waals surface area (Å²) in [5, 5.41) is 0. The van der Waals surface area contributed by atoms with E-state index in [4.69, 9.17) is 9.47 Å². The molecule has 1 aromatic rings. The number of ether oxygens (including phenoxy) is 2. The Bertz CT molecular complexity index is 390. The summed E-state index contributed by atoms with van der Waals surface area (Å²) < 4.78 is 11.1. The molecule has 1 aromatic heterocycles. The molecule has 0 bridgehead atoms. The largest absolute Gasteiger partial charge is 0.463 e. The van der Waals surface area contributed by atoms with E-state index in [1.807, 2.05) is 13.8 Å². The Hall–Kier alpha value is -1.42. The predicted octanol–water partition coefficient (Wildman–Crippen LogP) is 1.85. The molecule has 0 amide bonds. The number of carbonyl (C=O) groups is 1. The number of aryl methyl sites for hydroxylation is 1. The second-order valence-corrected chi connectivity index (χ2v) is 3.49. The third kappa shape index (κ3) is 1.72. The summed E-state index contributed by atoms with van der Waals surface area (Å²) in [6.07, 6.45) is 2.90. The van der Waals surface area contributed by atoms with E-state index in [2.05, 4.69) is 4.98 Å². The van der Waals surface area contributed by atoms with E-state index >= 15 is 0 Å². The van der Waals surface area contributed by atoms with E-state index in [1.54, 1.807) is 6.20 Å². The van der Waals surface area contributed by atoms with Crippen LogP contribution in [-0.2, 0) is 11.3 Å². The number of carbonyl (C=O) groups excluding carboxylic acids is 1. The van der Waals surface area contributed by atoms with Crippen molar-refractivity contribution in [3.05, 3.63) is 23.0 Å². The van der Waals surface area contributed by atoms with Gasteiger partial charge in [-0.05, 0) is 6.92 Å². The van der Waals surface area contributed by atoms with Crippen molar-refractivity contribution in [2.24, 2.45) is 0 Å². The van der Waals surface area contributed by atoms with Gasteiger partial charge >= 0.3 is 0 Å². The summed E-state index contributed by atoms with van der Waals surface area (Å²) in [7, 11) is 0. The van der Waals surface area contributed by atoms with E-state index in [1.165, 1.54) is 0 Å². The SMILES string of the molecule is CCC1OCc2c(C=O)cnc(C)c2O1. The van der Waals surface area contributed by atoms with Crippen molar-refractivity contribution in [3.63, 3.8) is 0 Å². The number of hydrogen-bond donors (Lipinski definition) is 0. The average Bonchev–Trinajstić information content (AvgIpc) is 2.29. The third-order valence-corrected chi connectivity index (χ3v) is 2.47. The normalized spacial score (nSPS) is 19.2. The Morgan fingerprint density at radius 2 is 2.47 bits per heavy atom. The number of pyridine rings is 1. The first-order valence-electron chi connectivity index (χ1n) is 4.98. The lowest BCUT2D eigenvalue weighted by molar-refractivity contribution is -0.109. The number of aldehydes is 1. The second kappa shape index (κ2) is 3.98. The first kappa shape index (κ1) is 10.1. The molecule has 0 N–H and O–H groups in total. The van der Waals surface area contributed by atoms with E-state index in [9.17, 15) is 4.79 Å². The lowest BCUT2D eigenvalue weighted by Crippen LogP contribution is -2.26. The van der Waals surface area contributed by atoms with Gasteiger partial charge in [0.2, 0.25) is 0 Å². The molecule has 1 aliphatic rings. The van der Waals surface area contributed by atoms with Crippen molar-refractivity contribution in [3.8, 4) is 5.75 Å². The van der Waals surface area contributed by atoms with Crippen LogP contribution in [0, 0.1) is 6.92 Å². The van der Waals surface area contributed by atoms with Gasteiger partial charge in [-0.25, -0.2) is 0 Å². The van der Waals surface area contributed by atoms with E-state index < -0.39 is 0 Å². The Kier molecular flexibility index (Phi) is 2.68. The molecule has 2 rings (SSSR count). The summed E-state index contributed by atoms with van der Waals surface area (Å²) in [6, 6.07) is 0. The van der Waals surface area contributed by atoms with Crippen molar-refractivity contribution in [2.45, 2.75) is 33.2 Å². The molecular weight excluding hydrogens is 194 g/mol. The summed E-state index contributed by atoms with van der Waals surface area (Å²) in [4.78, 5) is 14.9. The lowest BCUT2D eigenvalue weighted by Gasteiger charge is -2.27. The van der Waals surface area contributed by atoms with Gasteiger partial charge in [-0.15, -0.1) is 0 Å². The number of nitrogens with zero attached hydrogens (tertiary/aromatic N) is 1. The highest BCUT2D eigenvalue weighted by Gasteiger charge is 2.23. The highest BCUT2D eigenvalue weighted by atomic mass is 16.7. The third-order valence-electron chi connectivity index (χ3n) is 2.47. The van der Waals surface area contributed by atoms with Crippen molar-refractivity contribution in [2.75, 3.05) is 0 Å². The smallest absolute Gasteiger partial charge is 0.200 e. The number of hydrogen-bond acceptors (Lipinski definition) is 4. The highest BCUT2D eigenvalue weighted by Crippen LogP contribution is 2.31. The fraction of sp³-hybridized carbons (Fsp3) is 0.455. The molecule has 2 heterocycles. The second-order valence-electron chi connectivity index (χ2n) is 3.49. The summed E-state index contributed by atoms with van der Waals surface area (Å²) in [6.45, 7) is 4.28. The molecule has 0 fully saturated rings. The maximum atomic E-state index is 10.8. The molecule has 0 saturated heterocycles. The molecule has 0 aromatic carbocycles. The number of aromatic nitrogens is 1. The summed E-state index contributed by atoms with van der Waals surface area (Å²) in [5.74, 6) is 0.706. The Balaban J connectivity index is 2.44. The first-order chi connectivity index (χ1) is 7.26. The van der Waals surface area contributed by atoms with E-state index in [0.717, 1.165) is 24.0 Å². The molecule has 0 radical (unpaired) electrons. The van der Waals surface area contributed by atoms with Crippen molar-refractivity contribution >= 4 is 6.29 Å². The van der Waals surface area contributed by atoms with Gasteiger partial charge in [-0.3, -0.25) is 9.78 Å². The Morgan fingerprint density at radius 3 is 3.13 bits per heavy atom. The van der Waals surface area contributed by atoms with Gasteiger partial charge in [0, 0.05) is 23.7 Å². The standard InChI is InChI=1S/C11H13NO3/c1-3-10-14-6-9-8(5-13)4-12-7(2)11(9)15-10/h4-5,10H,3,6H2,1-2H3. The van der Waals surface area contributed by atoms with Crippen LogP contribution in [0.1, 0.15) is 35.0 Å². The number of rotatable bonds is 2. The van der Waals surface area contributed by atoms with E-state index in [-0.39, 0.29) is 6.29 Å². The predicted molar refractivity (Wildman–Crippen MR) is 53.9 cm³/mol. The summed E-state index contributed by atoms with van der Waals surface area (Å²) in [5.41, 5.74) is 2.16. The molecule has 4 nitrogen and oxygen atoms in total. The Labute approximate surface area is 88.2 Å². The van der Waals surface area contributed by atoms with Crippen LogP contribution in [-0.4, -0.2) is 17.6 Å². The zero-order valence-electron chi connectivity index (χ0n) is 8.82. The van der Waals surface area contributed by atoms with Gasteiger partial charge in [0.15, 0.2) is 12.6 Å². The highest BCUT2D eigenvalue weighted by molar-refractivity contribution is 5.78. The molecule has 0 aliphatic carbocycles. The first-order valence-corrected chi connectivity index (χ1v) is 4.98. The molecular formula is C11H13NO3. The van der Waals surface area contributed by atoms with Gasteiger partial charge in [-0.1, -0.05) is 6.92 Å². The molecule has 15 heavy (non-hydrogen) atoms. The zero-order valence-corrected chi connectivity index (χ0v) is 8.82. The molecule has 1 atom stereocenters. The van der Waals surface area contributed by atoms with Gasteiger partial charge in [-0.2, -0.15) is 0 Å².